The summed E-state index contributed by atoms with van der Waals surface area (Å²) in [6.45, 7) is 5.58. The van der Waals surface area contributed by atoms with E-state index in [2.05, 4.69) is 64.2 Å². The molecule has 100 valence electrons. The van der Waals surface area contributed by atoms with E-state index in [1.54, 1.807) is 0 Å². The van der Waals surface area contributed by atoms with Crippen molar-refractivity contribution in [1.29, 1.82) is 0 Å². The number of pyridine rings is 1. The molecule has 0 radical (unpaired) electrons. The standard InChI is InChI=1S/C16H19BrN2/c1-12-8-9-19(11-15(12)17)10-14-7-6-13-4-2-3-5-16(13)18-14/h2-7,12,15H,8-11H2,1H3. The van der Waals surface area contributed by atoms with E-state index in [0.29, 0.717) is 4.83 Å². The van der Waals surface area contributed by atoms with Crippen LogP contribution >= 0.6 is 15.9 Å². The van der Waals surface area contributed by atoms with Gasteiger partial charge in [-0.05, 0) is 31.0 Å². The highest BCUT2D eigenvalue weighted by Gasteiger charge is 2.23. The van der Waals surface area contributed by atoms with Gasteiger partial charge in [0, 0.05) is 23.3 Å². The fraction of sp³-hybridized carbons (Fsp3) is 0.438. The van der Waals surface area contributed by atoms with Crippen molar-refractivity contribution < 1.29 is 0 Å². The molecule has 2 nitrogen and oxygen atoms in total. The average molecular weight is 319 g/mol. The highest BCUT2D eigenvalue weighted by Crippen LogP contribution is 2.24. The fourth-order valence-corrected chi connectivity index (χ4v) is 3.33. The van der Waals surface area contributed by atoms with Crippen LogP contribution in [0, 0.1) is 5.92 Å². The molecule has 1 aliphatic heterocycles. The van der Waals surface area contributed by atoms with Gasteiger partial charge in [-0.2, -0.15) is 0 Å². The quantitative estimate of drug-likeness (QED) is 0.782. The number of aromatic nitrogens is 1. The van der Waals surface area contributed by atoms with Gasteiger partial charge in [-0.25, -0.2) is 0 Å². The number of hydrogen-bond donors (Lipinski definition) is 0. The second-order valence-electron chi connectivity index (χ2n) is 5.51. The number of piperidine rings is 1. The zero-order chi connectivity index (χ0) is 13.2. The first kappa shape index (κ1) is 13.1. The van der Waals surface area contributed by atoms with Gasteiger partial charge in [-0.3, -0.25) is 9.88 Å². The molecule has 0 spiro atoms. The van der Waals surface area contributed by atoms with E-state index in [-0.39, 0.29) is 0 Å². The molecule has 0 aliphatic carbocycles. The summed E-state index contributed by atoms with van der Waals surface area (Å²) in [4.78, 5) is 7.87. The lowest BCUT2D eigenvalue weighted by Gasteiger charge is -2.33. The third-order valence-corrected chi connectivity index (χ3v) is 5.18. The van der Waals surface area contributed by atoms with Crippen LogP contribution in [0.1, 0.15) is 19.0 Å². The topological polar surface area (TPSA) is 16.1 Å². The molecule has 0 N–H and O–H groups in total. The van der Waals surface area contributed by atoms with Gasteiger partial charge in [0.25, 0.3) is 0 Å². The van der Waals surface area contributed by atoms with Crippen LogP contribution in [0.2, 0.25) is 0 Å². The van der Waals surface area contributed by atoms with Crippen molar-refractivity contribution in [2.24, 2.45) is 5.92 Å². The Bertz CT molecular complexity index is 569. The Morgan fingerprint density at radius 3 is 2.95 bits per heavy atom. The minimum atomic E-state index is 0.613. The number of likely N-dealkylation sites (tertiary alicyclic amines) is 1. The number of para-hydroxylation sites is 1. The first-order valence-electron chi connectivity index (χ1n) is 6.93. The first-order valence-corrected chi connectivity index (χ1v) is 7.85. The van der Waals surface area contributed by atoms with Gasteiger partial charge in [0.2, 0.25) is 0 Å². The van der Waals surface area contributed by atoms with E-state index < -0.39 is 0 Å². The zero-order valence-electron chi connectivity index (χ0n) is 11.2. The van der Waals surface area contributed by atoms with Crippen LogP contribution in [0.5, 0.6) is 0 Å². The predicted molar refractivity (Wildman–Crippen MR) is 83.5 cm³/mol. The van der Waals surface area contributed by atoms with Crippen molar-refractivity contribution in [2.45, 2.75) is 24.7 Å². The smallest absolute Gasteiger partial charge is 0.0705 e. The van der Waals surface area contributed by atoms with E-state index in [1.807, 2.05) is 0 Å². The van der Waals surface area contributed by atoms with Gasteiger partial charge >= 0.3 is 0 Å². The highest BCUT2D eigenvalue weighted by atomic mass is 79.9. The maximum Gasteiger partial charge on any atom is 0.0705 e. The summed E-state index contributed by atoms with van der Waals surface area (Å²) in [5, 5.41) is 1.22. The number of rotatable bonds is 2. The molecule has 2 aromatic rings. The van der Waals surface area contributed by atoms with E-state index in [0.717, 1.165) is 24.5 Å². The lowest BCUT2D eigenvalue weighted by Crippen LogP contribution is -2.39. The second-order valence-corrected chi connectivity index (χ2v) is 6.69. The number of fused-ring (bicyclic) bond motifs is 1. The Kier molecular flexibility index (Phi) is 3.85. The van der Waals surface area contributed by atoms with Gasteiger partial charge in [-0.15, -0.1) is 0 Å². The van der Waals surface area contributed by atoms with Crippen LogP contribution < -0.4 is 0 Å². The van der Waals surface area contributed by atoms with E-state index >= 15 is 0 Å². The Balaban J connectivity index is 1.74. The summed E-state index contributed by atoms with van der Waals surface area (Å²) >= 11 is 3.79. The Morgan fingerprint density at radius 2 is 2.11 bits per heavy atom. The maximum atomic E-state index is 4.76. The molecule has 0 amide bonds. The second kappa shape index (κ2) is 5.59. The average Bonchev–Trinajstić information content (AvgIpc) is 2.43. The summed E-state index contributed by atoms with van der Waals surface area (Å²) in [6, 6.07) is 12.6. The third kappa shape index (κ3) is 2.98. The maximum absolute atomic E-state index is 4.76. The van der Waals surface area contributed by atoms with Crippen LogP contribution in [-0.4, -0.2) is 27.8 Å². The van der Waals surface area contributed by atoms with Gasteiger partial charge in [-0.1, -0.05) is 47.1 Å². The largest absolute Gasteiger partial charge is 0.296 e. The molecule has 1 aromatic carbocycles. The van der Waals surface area contributed by atoms with E-state index in [9.17, 15) is 0 Å². The monoisotopic (exact) mass is 318 g/mol. The van der Waals surface area contributed by atoms with E-state index in [1.165, 1.54) is 24.0 Å². The lowest BCUT2D eigenvalue weighted by atomic mass is 9.99. The third-order valence-electron chi connectivity index (χ3n) is 3.99. The minimum Gasteiger partial charge on any atom is -0.296 e. The molecule has 3 heteroatoms. The number of alkyl halides is 1. The fourth-order valence-electron chi connectivity index (χ4n) is 2.65. The van der Waals surface area contributed by atoms with Crippen molar-refractivity contribution in [3.05, 3.63) is 42.1 Å². The number of benzene rings is 1. The van der Waals surface area contributed by atoms with Crippen molar-refractivity contribution in [2.75, 3.05) is 13.1 Å². The summed E-state index contributed by atoms with van der Waals surface area (Å²) in [6.07, 6.45) is 1.27. The molecule has 2 atom stereocenters. The summed E-state index contributed by atoms with van der Waals surface area (Å²) in [5.41, 5.74) is 2.27. The first-order chi connectivity index (χ1) is 9.22. The van der Waals surface area contributed by atoms with Crippen molar-refractivity contribution in [3.8, 4) is 0 Å². The van der Waals surface area contributed by atoms with Crippen molar-refractivity contribution in [3.63, 3.8) is 0 Å². The zero-order valence-corrected chi connectivity index (χ0v) is 12.8. The molecule has 3 rings (SSSR count). The molecule has 1 saturated heterocycles. The van der Waals surface area contributed by atoms with Crippen LogP contribution in [-0.2, 0) is 6.54 Å². The molecule has 1 aromatic heterocycles. The van der Waals surface area contributed by atoms with Crippen LogP contribution in [0.15, 0.2) is 36.4 Å². The molecular weight excluding hydrogens is 300 g/mol. The Labute approximate surface area is 123 Å². The molecule has 2 heterocycles. The highest BCUT2D eigenvalue weighted by molar-refractivity contribution is 9.09. The Hall–Kier alpha value is -0.930. The van der Waals surface area contributed by atoms with Gasteiger partial charge in [0.15, 0.2) is 0 Å². The summed E-state index contributed by atoms with van der Waals surface area (Å²) in [5.74, 6) is 0.779. The predicted octanol–water partition coefficient (Wildman–Crippen LogP) is 3.84. The van der Waals surface area contributed by atoms with Gasteiger partial charge < -0.3 is 0 Å². The SMILES string of the molecule is CC1CCN(Cc2ccc3ccccc3n2)CC1Br. The van der Waals surface area contributed by atoms with E-state index in [4.69, 9.17) is 4.98 Å². The summed E-state index contributed by atoms with van der Waals surface area (Å²) < 4.78 is 0. The van der Waals surface area contributed by atoms with Crippen LogP contribution in [0.25, 0.3) is 10.9 Å². The normalized spacial score (nSPS) is 24.7. The van der Waals surface area contributed by atoms with Crippen LogP contribution in [0.4, 0.5) is 0 Å². The van der Waals surface area contributed by atoms with Gasteiger partial charge in [0.1, 0.15) is 0 Å². The van der Waals surface area contributed by atoms with Crippen molar-refractivity contribution >= 4 is 26.8 Å². The molecular formula is C16H19BrN2. The molecule has 2 unspecified atom stereocenters. The summed E-state index contributed by atoms with van der Waals surface area (Å²) in [7, 11) is 0. The number of halogens is 1. The number of nitrogens with zero attached hydrogens (tertiary/aromatic N) is 2. The van der Waals surface area contributed by atoms with Gasteiger partial charge in [0.05, 0.1) is 11.2 Å². The molecule has 1 aliphatic rings. The Morgan fingerprint density at radius 1 is 1.26 bits per heavy atom. The number of hydrogen-bond acceptors (Lipinski definition) is 2. The molecule has 0 saturated carbocycles. The minimum absolute atomic E-state index is 0.613. The molecule has 0 bridgehead atoms. The lowest BCUT2D eigenvalue weighted by molar-refractivity contribution is 0.192. The van der Waals surface area contributed by atoms with Crippen molar-refractivity contribution in [1.82, 2.24) is 9.88 Å². The van der Waals surface area contributed by atoms with Crippen LogP contribution in [0.3, 0.4) is 0 Å². The molecule has 19 heavy (non-hydrogen) atoms. The molecule has 1 fully saturated rings.